The second-order valence-corrected chi connectivity index (χ2v) is 12.4. The summed E-state index contributed by atoms with van der Waals surface area (Å²) in [5.74, 6) is -0.308. The third-order valence-electron chi connectivity index (χ3n) is 10.1. The highest BCUT2D eigenvalue weighted by Crippen LogP contribution is 2.60. The third kappa shape index (κ3) is 4.73. The van der Waals surface area contributed by atoms with Crippen LogP contribution in [0, 0.1) is 46.3 Å². The number of carbonyl (C=O) groups is 1. The average molecular weight is 485 g/mol. The molecule has 3 aliphatic rings. The molecule has 0 aliphatic heterocycles. The first-order valence-corrected chi connectivity index (χ1v) is 13.4. The van der Waals surface area contributed by atoms with E-state index in [1.165, 1.54) is 6.42 Å². The lowest BCUT2D eigenvalue weighted by Crippen LogP contribution is -2.67. The quantitative estimate of drug-likeness (QED) is 0.294. The Balaban J connectivity index is 1.89. The van der Waals surface area contributed by atoms with Gasteiger partial charge >= 0.3 is 0 Å². The largest absolute Gasteiger partial charge is 0.396 e. The highest BCUT2D eigenvalue weighted by molar-refractivity contribution is 5.89. The van der Waals surface area contributed by atoms with Crippen LogP contribution in [0.5, 0.6) is 0 Å². The van der Waals surface area contributed by atoms with Crippen LogP contribution in [-0.4, -0.2) is 74.1 Å². The van der Waals surface area contributed by atoms with E-state index in [2.05, 4.69) is 27.7 Å². The van der Waals surface area contributed by atoms with Gasteiger partial charge in [-0.1, -0.05) is 47.0 Å². The fourth-order valence-corrected chi connectivity index (χ4v) is 8.29. The second kappa shape index (κ2) is 10.8. The molecule has 34 heavy (non-hydrogen) atoms. The number of fused-ring (bicyclic) bond motifs is 1. The van der Waals surface area contributed by atoms with Crippen molar-refractivity contribution in [2.75, 3.05) is 13.2 Å². The van der Waals surface area contributed by atoms with Crippen LogP contribution in [0.3, 0.4) is 0 Å². The van der Waals surface area contributed by atoms with Crippen molar-refractivity contribution in [2.45, 2.75) is 103 Å². The number of hydrogen-bond donors (Lipinski definition) is 6. The number of aliphatic hydroxyl groups is 6. The lowest BCUT2D eigenvalue weighted by molar-refractivity contribution is -0.216. The molecule has 7 heteroatoms. The van der Waals surface area contributed by atoms with E-state index in [1.54, 1.807) is 0 Å². The summed E-state index contributed by atoms with van der Waals surface area (Å²) in [4.78, 5) is 14.0. The van der Waals surface area contributed by atoms with Crippen molar-refractivity contribution in [1.29, 1.82) is 0 Å². The van der Waals surface area contributed by atoms with Gasteiger partial charge < -0.3 is 30.6 Å². The van der Waals surface area contributed by atoms with E-state index < -0.39 is 48.3 Å². The van der Waals surface area contributed by atoms with Crippen molar-refractivity contribution in [3.63, 3.8) is 0 Å². The molecule has 0 amide bonds. The number of Topliss-reactive ketones (excluding diaryl/α,β-unsaturated/α-hetero) is 1. The molecule has 10 unspecified atom stereocenters. The fourth-order valence-electron chi connectivity index (χ4n) is 8.29. The SMILES string of the molecule is CC(C)CCC[C@@H](C)C1CCC(C2CC(O)C3C(O)C(O)C(O)CC3(CO)C2=O)C1(C)CCO. The smallest absolute Gasteiger partial charge is 0.145 e. The monoisotopic (exact) mass is 484 g/mol. The van der Waals surface area contributed by atoms with Crippen LogP contribution in [0.15, 0.2) is 0 Å². The molecule has 0 radical (unpaired) electrons. The predicted octanol–water partition coefficient (Wildman–Crippen LogP) is 1.89. The number of rotatable bonds is 9. The van der Waals surface area contributed by atoms with Crippen molar-refractivity contribution in [3.05, 3.63) is 0 Å². The molecular weight excluding hydrogens is 436 g/mol. The first-order valence-electron chi connectivity index (χ1n) is 13.4. The Labute approximate surface area is 204 Å². The van der Waals surface area contributed by atoms with Gasteiger partial charge in [-0.05, 0) is 61.2 Å². The summed E-state index contributed by atoms with van der Waals surface area (Å²) in [6, 6.07) is 0. The Hall–Kier alpha value is -0.570. The summed E-state index contributed by atoms with van der Waals surface area (Å²) in [6.45, 7) is 8.37. The number of hydrogen-bond acceptors (Lipinski definition) is 7. The zero-order valence-corrected chi connectivity index (χ0v) is 21.4. The molecule has 3 saturated carbocycles. The molecule has 0 spiro atoms. The summed E-state index contributed by atoms with van der Waals surface area (Å²) in [5.41, 5.74) is -1.75. The minimum absolute atomic E-state index is 0.0308. The lowest BCUT2D eigenvalue weighted by atomic mass is 9.50. The summed E-state index contributed by atoms with van der Waals surface area (Å²) < 4.78 is 0. The molecule has 3 fully saturated rings. The molecular formula is C27H48O7. The van der Waals surface area contributed by atoms with Crippen molar-refractivity contribution in [1.82, 2.24) is 0 Å². The standard InChI is InChI=1S/C27H48O7/c1-15(2)6-5-7-16(3)18-8-9-19(26(18,4)10-11-28)17-12-20(30)22-24(33)23(32)21(31)13-27(22,14-29)25(17)34/h15-24,28-33H,5-14H2,1-4H3/t16-,17?,18?,19?,20?,21?,22?,23?,24?,26?,27?/m1/s1. The summed E-state index contributed by atoms with van der Waals surface area (Å²) in [6.07, 6.45) is 0.480. The second-order valence-electron chi connectivity index (χ2n) is 12.4. The van der Waals surface area contributed by atoms with Gasteiger partial charge in [0.05, 0.1) is 30.3 Å². The predicted molar refractivity (Wildman–Crippen MR) is 129 cm³/mol. The molecule has 7 nitrogen and oxygen atoms in total. The fraction of sp³-hybridized carbons (Fsp3) is 0.963. The van der Waals surface area contributed by atoms with Crippen LogP contribution in [0.25, 0.3) is 0 Å². The minimum atomic E-state index is -1.48. The van der Waals surface area contributed by atoms with E-state index in [0.29, 0.717) is 24.2 Å². The Morgan fingerprint density at radius 2 is 1.65 bits per heavy atom. The van der Waals surface area contributed by atoms with Gasteiger partial charge in [0.2, 0.25) is 0 Å². The van der Waals surface area contributed by atoms with Gasteiger partial charge in [-0.2, -0.15) is 0 Å². The molecule has 0 aromatic heterocycles. The van der Waals surface area contributed by atoms with Crippen LogP contribution < -0.4 is 0 Å². The maximum absolute atomic E-state index is 14.0. The van der Waals surface area contributed by atoms with E-state index in [1.807, 2.05) is 0 Å². The highest BCUT2D eigenvalue weighted by Gasteiger charge is 2.65. The molecule has 0 aromatic rings. The molecule has 3 aliphatic carbocycles. The van der Waals surface area contributed by atoms with Crippen LogP contribution in [-0.2, 0) is 4.79 Å². The average Bonchev–Trinajstić information content (AvgIpc) is 3.10. The molecule has 0 heterocycles. The number of carbonyl (C=O) groups excluding carboxylic acids is 1. The molecule has 11 atom stereocenters. The lowest BCUT2D eigenvalue weighted by Gasteiger charge is -2.56. The van der Waals surface area contributed by atoms with Gasteiger partial charge in [-0.15, -0.1) is 0 Å². The van der Waals surface area contributed by atoms with Gasteiger partial charge in [0.1, 0.15) is 11.9 Å². The Kier molecular flexibility index (Phi) is 8.91. The van der Waals surface area contributed by atoms with Crippen molar-refractivity contribution < 1.29 is 35.4 Å². The maximum atomic E-state index is 14.0. The Morgan fingerprint density at radius 3 is 2.24 bits per heavy atom. The maximum Gasteiger partial charge on any atom is 0.145 e. The normalized spacial score (nSPS) is 46.0. The summed E-state index contributed by atoms with van der Waals surface area (Å²) >= 11 is 0. The van der Waals surface area contributed by atoms with Crippen molar-refractivity contribution >= 4 is 5.78 Å². The van der Waals surface area contributed by atoms with E-state index in [9.17, 15) is 35.4 Å². The summed E-state index contributed by atoms with van der Waals surface area (Å²) in [7, 11) is 0. The van der Waals surface area contributed by atoms with Gasteiger partial charge in [0, 0.05) is 18.4 Å². The van der Waals surface area contributed by atoms with Gasteiger partial charge in [0.25, 0.3) is 0 Å². The first kappa shape index (κ1) is 28.0. The first-order chi connectivity index (χ1) is 15.9. The zero-order chi connectivity index (χ0) is 25.4. The molecule has 0 bridgehead atoms. The van der Waals surface area contributed by atoms with Crippen LogP contribution in [0.1, 0.15) is 79.1 Å². The van der Waals surface area contributed by atoms with Crippen LogP contribution >= 0.6 is 0 Å². The highest BCUT2D eigenvalue weighted by atomic mass is 16.4. The van der Waals surface area contributed by atoms with E-state index in [-0.39, 0.29) is 36.6 Å². The number of ketones is 1. The molecule has 6 N–H and O–H groups in total. The van der Waals surface area contributed by atoms with Crippen molar-refractivity contribution in [2.24, 2.45) is 46.3 Å². The number of aliphatic hydroxyl groups excluding tert-OH is 6. The Bertz CT molecular complexity index is 698. The van der Waals surface area contributed by atoms with E-state index >= 15 is 0 Å². The van der Waals surface area contributed by atoms with E-state index in [4.69, 9.17) is 0 Å². The zero-order valence-electron chi connectivity index (χ0n) is 21.4. The van der Waals surface area contributed by atoms with Crippen LogP contribution in [0.4, 0.5) is 0 Å². The molecule has 3 rings (SSSR count). The van der Waals surface area contributed by atoms with Gasteiger partial charge in [-0.25, -0.2) is 0 Å². The topological polar surface area (TPSA) is 138 Å². The van der Waals surface area contributed by atoms with Crippen molar-refractivity contribution in [3.8, 4) is 0 Å². The molecule has 0 aromatic carbocycles. The van der Waals surface area contributed by atoms with Gasteiger partial charge in [-0.3, -0.25) is 4.79 Å². The minimum Gasteiger partial charge on any atom is -0.396 e. The molecule has 0 saturated heterocycles. The summed E-state index contributed by atoms with van der Waals surface area (Å²) in [5, 5.41) is 62.7. The molecule has 198 valence electrons. The third-order valence-corrected chi connectivity index (χ3v) is 10.1. The van der Waals surface area contributed by atoms with Crippen LogP contribution in [0.2, 0.25) is 0 Å². The van der Waals surface area contributed by atoms with E-state index in [0.717, 1.165) is 25.7 Å². The van der Waals surface area contributed by atoms with Gasteiger partial charge in [0.15, 0.2) is 0 Å². The Morgan fingerprint density at radius 1 is 0.971 bits per heavy atom.